The third-order valence-electron chi connectivity index (χ3n) is 4.49. The maximum Gasteiger partial charge on any atom is 0.209 e. The Hall–Kier alpha value is -2.16. The first-order chi connectivity index (χ1) is 14.1. The second-order valence-electron chi connectivity index (χ2n) is 6.35. The number of nitrogen functional groups attached to an aromatic ring is 1. The van der Waals surface area contributed by atoms with Crippen LogP contribution >= 0.6 is 34.5 Å². The first kappa shape index (κ1) is 20.1. The van der Waals surface area contributed by atoms with Gasteiger partial charge in [-0.05, 0) is 24.3 Å². The molecule has 0 aliphatic carbocycles. The zero-order valence-corrected chi connectivity index (χ0v) is 17.7. The van der Waals surface area contributed by atoms with Crippen molar-refractivity contribution in [3.05, 3.63) is 69.0 Å². The standard InChI is InChI=1S/C20H18Cl2N4O2S/c21-14-7-4-8-15(22)16(14)17(27)18-19(23)24-20(29-18)26(13-5-2-1-3-6-13)25-9-11-28-12-10-25/h1-8H,9-12,23H2. The smallest absolute Gasteiger partial charge is 0.209 e. The van der Waals surface area contributed by atoms with Crippen molar-refractivity contribution in [2.24, 2.45) is 0 Å². The molecule has 0 amide bonds. The highest BCUT2D eigenvalue weighted by molar-refractivity contribution is 7.18. The summed E-state index contributed by atoms with van der Waals surface area (Å²) in [5.41, 5.74) is 7.31. The van der Waals surface area contributed by atoms with E-state index >= 15 is 0 Å². The average Bonchev–Trinajstić information content (AvgIpc) is 3.10. The summed E-state index contributed by atoms with van der Waals surface area (Å²) < 4.78 is 5.48. The van der Waals surface area contributed by atoms with Gasteiger partial charge in [0.05, 0.1) is 34.5 Å². The first-order valence-corrected chi connectivity index (χ1v) is 10.6. The predicted molar refractivity (Wildman–Crippen MR) is 117 cm³/mol. The lowest BCUT2D eigenvalue weighted by atomic mass is 10.1. The van der Waals surface area contributed by atoms with Crippen LogP contribution in [0, 0.1) is 0 Å². The van der Waals surface area contributed by atoms with Gasteiger partial charge in [0.2, 0.25) is 10.9 Å². The molecule has 1 aliphatic rings. The summed E-state index contributed by atoms with van der Waals surface area (Å²) >= 11 is 13.7. The molecule has 4 rings (SSSR count). The van der Waals surface area contributed by atoms with Gasteiger partial charge in [0.1, 0.15) is 10.7 Å². The number of hydrazine groups is 1. The monoisotopic (exact) mass is 448 g/mol. The number of aromatic nitrogens is 1. The fourth-order valence-electron chi connectivity index (χ4n) is 3.12. The Labute approximate surface area is 182 Å². The van der Waals surface area contributed by atoms with Crippen LogP contribution in [0.4, 0.5) is 16.6 Å². The van der Waals surface area contributed by atoms with Gasteiger partial charge in [0.25, 0.3) is 0 Å². The van der Waals surface area contributed by atoms with Gasteiger partial charge in [-0.25, -0.2) is 15.0 Å². The van der Waals surface area contributed by atoms with Gasteiger partial charge >= 0.3 is 0 Å². The predicted octanol–water partition coefficient (Wildman–Crippen LogP) is 4.65. The van der Waals surface area contributed by atoms with E-state index in [1.807, 2.05) is 35.3 Å². The number of hydrogen-bond donors (Lipinski definition) is 1. The molecule has 0 radical (unpaired) electrons. The number of morpholine rings is 1. The second kappa shape index (κ2) is 8.69. The molecular formula is C20H18Cl2N4O2S. The largest absolute Gasteiger partial charge is 0.382 e. The van der Waals surface area contributed by atoms with Crippen molar-refractivity contribution in [2.75, 3.05) is 37.0 Å². The number of carbonyl (C=O) groups is 1. The Bertz CT molecular complexity index is 1000. The highest BCUT2D eigenvalue weighted by Crippen LogP contribution is 2.37. The summed E-state index contributed by atoms with van der Waals surface area (Å²) in [7, 11) is 0. The van der Waals surface area contributed by atoms with E-state index in [4.69, 9.17) is 33.7 Å². The van der Waals surface area contributed by atoms with Gasteiger partial charge in [0.15, 0.2) is 0 Å². The van der Waals surface area contributed by atoms with Gasteiger partial charge in [-0.15, -0.1) is 0 Å². The van der Waals surface area contributed by atoms with E-state index in [1.165, 1.54) is 11.3 Å². The highest BCUT2D eigenvalue weighted by atomic mass is 35.5. The lowest BCUT2D eigenvalue weighted by molar-refractivity contribution is 0.0378. The number of rotatable bonds is 5. The summed E-state index contributed by atoms with van der Waals surface area (Å²) in [5.74, 6) is -0.183. The number of halogens is 2. The van der Waals surface area contributed by atoms with Crippen LogP contribution in [-0.4, -0.2) is 42.1 Å². The van der Waals surface area contributed by atoms with Crippen LogP contribution < -0.4 is 10.7 Å². The molecule has 1 fully saturated rings. The van der Waals surface area contributed by atoms with Crippen molar-refractivity contribution < 1.29 is 9.53 Å². The van der Waals surface area contributed by atoms with Gasteiger partial charge in [-0.1, -0.05) is 58.8 Å². The molecule has 6 nitrogen and oxygen atoms in total. The first-order valence-electron chi connectivity index (χ1n) is 8.99. The van der Waals surface area contributed by atoms with Crippen molar-refractivity contribution in [2.45, 2.75) is 0 Å². The molecule has 0 saturated carbocycles. The van der Waals surface area contributed by atoms with E-state index in [-0.39, 0.29) is 27.2 Å². The molecular weight excluding hydrogens is 431 g/mol. The van der Waals surface area contributed by atoms with Crippen LogP contribution in [0.25, 0.3) is 0 Å². The molecule has 1 aromatic heterocycles. The number of hydrogen-bond acceptors (Lipinski definition) is 7. The Kier molecular flexibility index (Phi) is 6.03. The molecule has 2 heterocycles. The quantitative estimate of drug-likeness (QED) is 0.572. The van der Waals surface area contributed by atoms with Crippen molar-refractivity contribution in [1.82, 2.24) is 9.99 Å². The maximum absolute atomic E-state index is 13.1. The number of ether oxygens (including phenoxy) is 1. The number of para-hydroxylation sites is 1. The zero-order valence-electron chi connectivity index (χ0n) is 15.3. The minimum atomic E-state index is -0.336. The molecule has 2 N–H and O–H groups in total. The Morgan fingerprint density at radius 1 is 1.07 bits per heavy atom. The van der Waals surface area contributed by atoms with Crippen LogP contribution in [0.5, 0.6) is 0 Å². The summed E-state index contributed by atoms with van der Waals surface area (Å²) in [4.78, 5) is 17.9. The van der Waals surface area contributed by atoms with Crippen molar-refractivity contribution in [3.8, 4) is 0 Å². The van der Waals surface area contributed by atoms with Crippen LogP contribution in [0.3, 0.4) is 0 Å². The Morgan fingerprint density at radius 2 is 1.72 bits per heavy atom. The van der Waals surface area contributed by atoms with Gasteiger partial charge in [-0.3, -0.25) is 4.79 Å². The summed E-state index contributed by atoms with van der Waals surface area (Å²) in [6.07, 6.45) is 0. The summed E-state index contributed by atoms with van der Waals surface area (Å²) in [5, 5.41) is 5.28. The molecule has 0 spiro atoms. The minimum absolute atomic E-state index is 0.153. The fraction of sp³-hybridized carbons (Fsp3) is 0.200. The molecule has 150 valence electrons. The Balaban J connectivity index is 1.75. The van der Waals surface area contributed by atoms with Gasteiger partial charge < -0.3 is 10.5 Å². The molecule has 1 aliphatic heterocycles. The van der Waals surface area contributed by atoms with E-state index in [0.29, 0.717) is 36.3 Å². The number of nitrogens with two attached hydrogens (primary N) is 1. The third-order valence-corrected chi connectivity index (χ3v) is 6.17. The number of benzene rings is 2. The van der Waals surface area contributed by atoms with E-state index in [0.717, 1.165) is 5.69 Å². The van der Waals surface area contributed by atoms with Crippen LogP contribution in [0.1, 0.15) is 15.2 Å². The summed E-state index contributed by atoms with van der Waals surface area (Å²) in [6.45, 7) is 2.64. The molecule has 9 heteroatoms. The van der Waals surface area contributed by atoms with E-state index in [9.17, 15) is 4.79 Å². The average molecular weight is 449 g/mol. The molecule has 2 aromatic carbocycles. The lowest BCUT2D eigenvalue weighted by Gasteiger charge is -2.36. The summed E-state index contributed by atoms with van der Waals surface area (Å²) in [6, 6.07) is 14.8. The molecule has 0 bridgehead atoms. The fourth-order valence-corrected chi connectivity index (χ4v) is 4.67. The van der Waals surface area contributed by atoms with Crippen molar-refractivity contribution in [3.63, 3.8) is 0 Å². The van der Waals surface area contributed by atoms with Crippen molar-refractivity contribution >= 4 is 57.0 Å². The molecule has 29 heavy (non-hydrogen) atoms. The third kappa shape index (κ3) is 4.10. The number of thiazole rings is 1. The van der Waals surface area contributed by atoms with E-state index in [1.54, 1.807) is 18.2 Å². The molecule has 0 atom stereocenters. The van der Waals surface area contributed by atoms with E-state index in [2.05, 4.69) is 9.99 Å². The zero-order chi connectivity index (χ0) is 20.4. The number of nitrogens with zero attached hydrogens (tertiary/aromatic N) is 3. The second-order valence-corrected chi connectivity index (χ2v) is 8.14. The minimum Gasteiger partial charge on any atom is -0.382 e. The van der Waals surface area contributed by atoms with E-state index < -0.39 is 0 Å². The van der Waals surface area contributed by atoms with Crippen molar-refractivity contribution in [1.29, 1.82) is 0 Å². The number of carbonyl (C=O) groups excluding carboxylic acids is 1. The number of anilines is 3. The topological polar surface area (TPSA) is 71.7 Å². The van der Waals surface area contributed by atoms with Gasteiger partial charge in [0, 0.05) is 13.1 Å². The highest BCUT2D eigenvalue weighted by Gasteiger charge is 2.28. The maximum atomic E-state index is 13.1. The SMILES string of the molecule is Nc1nc(N(c2ccccc2)N2CCOCC2)sc1C(=O)c1c(Cl)cccc1Cl. The lowest BCUT2D eigenvalue weighted by Crippen LogP contribution is -2.46. The number of ketones is 1. The molecule has 3 aromatic rings. The van der Waals surface area contributed by atoms with Crippen LogP contribution in [-0.2, 0) is 4.74 Å². The van der Waals surface area contributed by atoms with Crippen LogP contribution in [0.15, 0.2) is 48.5 Å². The molecule has 1 saturated heterocycles. The Morgan fingerprint density at radius 3 is 2.38 bits per heavy atom. The van der Waals surface area contributed by atoms with Gasteiger partial charge in [-0.2, -0.15) is 0 Å². The normalized spacial score (nSPS) is 14.7. The molecule has 0 unspecified atom stereocenters. The van der Waals surface area contributed by atoms with Crippen LogP contribution in [0.2, 0.25) is 10.0 Å².